The molecule has 3 N–H and O–H groups in total. The maximum atomic E-state index is 13.2. The average molecular weight is 808 g/mol. The first kappa shape index (κ1) is 55.9. The van der Waals surface area contributed by atoms with Crippen LogP contribution in [0.4, 0.5) is 0 Å². The fraction of sp³-hybridized carbons (Fsp3) is 0.961. The topological polar surface area (TPSA) is 95.9 Å². The molecule has 0 aliphatic carbocycles. The van der Waals surface area contributed by atoms with Crippen molar-refractivity contribution in [3.05, 3.63) is 0 Å². The van der Waals surface area contributed by atoms with Gasteiger partial charge in [-0.15, -0.1) is 0 Å². The largest absolute Gasteiger partial charge is 0.462 e. The highest BCUT2D eigenvalue weighted by atomic mass is 16.5. The summed E-state index contributed by atoms with van der Waals surface area (Å²) in [6.45, 7) is 6.50. The highest BCUT2D eigenvalue weighted by Crippen LogP contribution is 2.19. The normalized spacial score (nSPS) is 13.1. The summed E-state index contributed by atoms with van der Waals surface area (Å²) in [4.78, 5) is 26.1. The highest BCUT2D eigenvalue weighted by molar-refractivity contribution is 5.77. The van der Waals surface area contributed by atoms with Gasteiger partial charge in [-0.1, -0.05) is 252 Å². The predicted molar refractivity (Wildman–Crippen MR) is 246 cm³/mol. The first-order valence-corrected chi connectivity index (χ1v) is 25.8. The predicted octanol–water partition coefficient (Wildman–Crippen LogP) is 15.2. The first-order chi connectivity index (χ1) is 28.0. The van der Waals surface area contributed by atoms with E-state index in [1.54, 1.807) is 0 Å². The number of esters is 1. The van der Waals surface area contributed by atoms with Crippen molar-refractivity contribution >= 4 is 11.9 Å². The molecule has 0 radical (unpaired) electrons. The summed E-state index contributed by atoms with van der Waals surface area (Å²) in [5, 5.41) is 23.7. The smallest absolute Gasteiger partial charge is 0.306 e. The maximum Gasteiger partial charge on any atom is 0.306 e. The van der Waals surface area contributed by atoms with Crippen LogP contribution >= 0.6 is 0 Å². The second-order valence-corrected chi connectivity index (χ2v) is 17.9. The molecule has 6 nitrogen and oxygen atoms in total. The van der Waals surface area contributed by atoms with Gasteiger partial charge in [-0.25, -0.2) is 0 Å². The molecule has 340 valence electrons. The Labute approximate surface area is 356 Å². The fourth-order valence-electron chi connectivity index (χ4n) is 8.26. The number of unbranched alkanes of at least 4 members (excludes halogenated alkanes) is 35. The van der Waals surface area contributed by atoms with Crippen molar-refractivity contribution in [3.63, 3.8) is 0 Å². The number of nitrogens with one attached hydrogen (secondary N) is 1. The summed E-state index contributed by atoms with van der Waals surface area (Å²) in [6, 6.07) is -0.691. The van der Waals surface area contributed by atoms with E-state index in [9.17, 15) is 19.8 Å². The Balaban J connectivity index is 4.50. The summed E-state index contributed by atoms with van der Waals surface area (Å²) in [5.41, 5.74) is 0. The second-order valence-electron chi connectivity index (χ2n) is 17.9. The van der Waals surface area contributed by atoms with Crippen molar-refractivity contribution in [1.82, 2.24) is 5.32 Å². The Kier molecular flexibility index (Phi) is 45.0. The van der Waals surface area contributed by atoms with Crippen LogP contribution in [-0.2, 0) is 14.3 Å². The SMILES string of the molecule is CCCCCCCCCCCCCCCCCC(=O)OC(CCCCCCCCCCCCCC)CC(=O)NC(CO)C(O)CCCCCCCCCCCCC. The maximum absolute atomic E-state index is 13.2. The molecule has 57 heavy (non-hydrogen) atoms. The number of aliphatic hydroxyl groups is 2. The monoisotopic (exact) mass is 808 g/mol. The average Bonchev–Trinajstić information content (AvgIpc) is 3.20. The van der Waals surface area contributed by atoms with Crippen molar-refractivity contribution in [2.75, 3.05) is 6.61 Å². The Morgan fingerprint density at radius 3 is 1.07 bits per heavy atom. The van der Waals surface area contributed by atoms with Gasteiger partial charge in [0.15, 0.2) is 0 Å². The fourth-order valence-corrected chi connectivity index (χ4v) is 8.26. The van der Waals surface area contributed by atoms with Crippen molar-refractivity contribution in [1.29, 1.82) is 0 Å². The zero-order valence-corrected chi connectivity index (χ0v) is 38.8. The quantitative estimate of drug-likeness (QED) is 0.0420. The number of aliphatic hydroxyl groups excluding tert-OH is 2. The third-order valence-corrected chi connectivity index (χ3v) is 12.2. The summed E-state index contributed by atoms with van der Waals surface area (Å²) in [6.07, 6.45) is 48.7. The minimum absolute atomic E-state index is 0.0876. The number of hydrogen-bond acceptors (Lipinski definition) is 5. The summed E-state index contributed by atoms with van der Waals surface area (Å²) in [5.74, 6) is -0.451. The van der Waals surface area contributed by atoms with Crippen molar-refractivity contribution < 1.29 is 24.5 Å². The van der Waals surface area contributed by atoms with Crippen LogP contribution in [0, 0.1) is 0 Å². The van der Waals surface area contributed by atoms with Crippen LogP contribution in [0.1, 0.15) is 290 Å². The number of amides is 1. The van der Waals surface area contributed by atoms with E-state index in [1.807, 2.05) is 0 Å². The molecular weight excluding hydrogens is 707 g/mol. The standard InChI is InChI=1S/C51H101NO5/c1-4-7-10-13-16-19-22-24-25-26-29-32-35-38-41-44-51(56)57-47(42-39-36-33-30-28-23-20-17-14-11-8-5-2)45-50(55)52-48(46-53)49(54)43-40-37-34-31-27-21-18-15-12-9-6-3/h47-49,53-54H,4-46H2,1-3H3,(H,52,55). The Bertz CT molecular complexity index is 821. The van der Waals surface area contributed by atoms with Crippen molar-refractivity contribution in [2.24, 2.45) is 0 Å². The van der Waals surface area contributed by atoms with E-state index in [4.69, 9.17) is 4.74 Å². The molecule has 0 saturated heterocycles. The zero-order chi connectivity index (χ0) is 41.7. The lowest BCUT2D eigenvalue weighted by atomic mass is 10.0. The van der Waals surface area contributed by atoms with Gasteiger partial charge in [0.2, 0.25) is 5.91 Å². The molecule has 0 aromatic carbocycles. The highest BCUT2D eigenvalue weighted by Gasteiger charge is 2.24. The lowest BCUT2D eigenvalue weighted by Gasteiger charge is -2.24. The molecular formula is C51H101NO5. The molecule has 0 bridgehead atoms. The summed E-state index contributed by atoms with van der Waals surface area (Å²) in [7, 11) is 0. The molecule has 0 saturated carbocycles. The van der Waals surface area contributed by atoms with Gasteiger partial charge in [0.1, 0.15) is 6.10 Å². The van der Waals surface area contributed by atoms with Crippen LogP contribution in [0.15, 0.2) is 0 Å². The third-order valence-electron chi connectivity index (χ3n) is 12.2. The van der Waals surface area contributed by atoms with Crippen molar-refractivity contribution in [3.8, 4) is 0 Å². The first-order valence-electron chi connectivity index (χ1n) is 25.8. The van der Waals surface area contributed by atoms with E-state index in [2.05, 4.69) is 26.1 Å². The number of carbonyl (C=O) groups is 2. The Morgan fingerprint density at radius 1 is 0.439 bits per heavy atom. The minimum atomic E-state index is -0.778. The van der Waals surface area contributed by atoms with Gasteiger partial charge in [0.25, 0.3) is 0 Å². The molecule has 3 atom stereocenters. The van der Waals surface area contributed by atoms with E-state index in [-0.39, 0.29) is 24.9 Å². The zero-order valence-electron chi connectivity index (χ0n) is 38.8. The van der Waals surface area contributed by atoms with Crippen LogP contribution in [0.25, 0.3) is 0 Å². The van der Waals surface area contributed by atoms with Crippen LogP contribution < -0.4 is 5.32 Å². The van der Waals surface area contributed by atoms with E-state index in [1.165, 1.54) is 205 Å². The van der Waals surface area contributed by atoms with E-state index < -0.39 is 18.2 Å². The Morgan fingerprint density at radius 2 is 0.737 bits per heavy atom. The van der Waals surface area contributed by atoms with Gasteiger partial charge in [0, 0.05) is 6.42 Å². The second kappa shape index (κ2) is 45.9. The van der Waals surface area contributed by atoms with Gasteiger partial charge < -0.3 is 20.3 Å². The van der Waals surface area contributed by atoms with Gasteiger partial charge in [-0.2, -0.15) is 0 Å². The molecule has 6 heteroatoms. The number of hydrogen-bond donors (Lipinski definition) is 3. The van der Waals surface area contributed by atoms with Gasteiger partial charge in [-0.05, 0) is 25.7 Å². The number of ether oxygens (including phenoxy) is 1. The van der Waals surface area contributed by atoms with Crippen LogP contribution in [0.5, 0.6) is 0 Å². The van der Waals surface area contributed by atoms with Crippen LogP contribution in [0.3, 0.4) is 0 Å². The van der Waals surface area contributed by atoms with E-state index in [0.29, 0.717) is 19.3 Å². The minimum Gasteiger partial charge on any atom is -0.462 e. The molecule has 0 aliphatic heterocycles. The Hall–Kier alpha value is -1.14. The number of rotatable bonds is 47. The third kappa shape index (κ3) is 41.4. The van der Waals surface area contributed by atoms with Crippen molar-refractivity contribution in [2.45, 2.75) is 309 Å². The number of carbonyl (C=O) groups excluding carboxylic acids is 2. The molecule has 0 heterocycles. The molecule has 3 unspecified atom stereocenters. The molecule has 0 aromatic heterocycles. The molecule has 0 rings (SSSR count). The molecule has 0 aromatic rings. The molecule has 0 aliphatic rings. The van der Waals surface area contributed by atoms with E-state index >= 15 is 0 Å². The molecule has 0 spiro atoms. The molecule has 1 amide bonds. The van der Waals surface area contributed by atoms with Gasteiger partial charge >= 0.3 is 5.97 Å². The van der Waals surface area contributed by atoms with Crippen LogP contribution in [0.2, 0.25) is 0 Å². The lowest BCUT2D eigenvalue weighted by Crippen LogP contribution is -2.46. The molecule has 0 fully saturated rings. The summed E-state index contributed by atoms with van der Waals surface area (Å²) < 4.78 is 5.94. The van der Waals surface area contributed by atoms with E-state index in [0.717, 1.165) is 38.5 Å². The summed E-state index contributed by atoms with van der Waals surface area (Å²) >= 11 is 0. The van der Waals surface area contributed by atoms with Crippen LogP contribution in [-0.4, -0.2) is 46.9 Å². The van der Waals surface area contributed by atoms with Gasteiger partial charge in [-0.3, -0.25) is 9.59 Å². The van der Waals surface area contributed by atoms with Gasteiger partial charge in [0.05, 0.1) is 25.2 Å². The lowest BCUT2D eigenvalue weighted by molar-refractivity contribution is -0.151.